The van der Waals surface area contributed by atoms with Crippen LogP contribution in [0.15, 0.2) is 91.0 Å². The Balaban J connectivity index is 1.83. The molecule has 0 aliphatic carbocycles. The van der Waals surface area contributed by atoms with Crippen molar-refractivity contribution < 1.29 is 9.59 Å². The lowest BCUT2D eigenvalue weighted by Crippen LogP contribution is -2.44. The molecule has 5 heteroatoms. The van der Waals surface area contributed by atoms with Crippen molar-refractivity contribution in [1.82, 2.24) is 10.6 Å². The fraction of sp³-hybridized carbons (Fsp3) is 0.160. The lowest BCUT2D eigenvalue weighted by molar-refractivity contribution is 0.0906. The number of hydrogen-bond acceptors (Lipinski definition) is 3. The second-order valence-electron chi connectivity index (χ2n) is 7.03. The lowest BCUT2D eigenvalue weighted by atomic mass is 9.88. The first-order chi connectivity index (χ1) is 14.6. The molecule has 5 nitrogen and oxygen atoms in total. The van der Waals surface area contributed by atoms with Gasteiger partial charge in [-0.05, 0) is 29.8 Å². The molecule has 3 rings (SSSR count). The molecule has 3 aromatic rings. The zero-order valence-corrected chi connectivity index (χ0v) is 16.7. The number of nitrogens with zero attached hydrogens (tertiary/aromatic N) is 1. The summed E-state index contributed by atoms with van der Waals surface area (Å²) in [5.74, 6) is -0.935. The number of amides is 2. The van der Waals surface area contributed by atoms with Gasteiger partial charge in [0.25, 0.3) is 11.8 Å². The van der Waals surface area contributed by atoms with Crippen molar-refractivity contribution in [3.8, 4) is 6.07 Å². The maximum atomic E-state index is 12.8. The van der Waals surface area contributed by atoms with Gasteiger partial charge in [0.05, 0.1) is 12.1 Å². The fourth-order valence-electron chi connectivity index (χ4n) is 3.28. The molecule has 0 spiro atoms. The monoisotopic (exact) mass is 397 g/mol. The average molecular weight is 397 g/mol. The number of nitriles is 1. The largest absolute Gasteiger partial charge is 0.345 e. The number of hydrogen-bond donors (Lipinski definition) is 2. The minimum absolute atomic E-state index is 0.234. The van der Waals surface area contributed by atoms with Crippen molar-refractivity contribution in [2.45, 2.75) is 19.0 Å². The van der Waals surface area contributed by atoms with Gasteiger partial charge in [0.15, 0.2) is 0 Å². The number of carbonyl (C=O) groups is 2. The molecular weight excluding hydrogens is 374 g/mol. The van der Waals surface area contributed by atoms with Crippen LogP contribution in [0.25, 0.3) is 0 Å². The maximum absolute atomic E-state index is 12.8. The van der Waals surface area contributed by atoms with Gasteiger partial charge in [0.2, 0.25) is 0 Å². The summed E-state index contributed by atoms with van der Waals surface area (Å²) < 4.78 is 0. The first kappa shape index (κ1) is 20.8. The van der Waals surface area contributed by atoms with Crippen molar-refractivity contribution >= 4 is 11.8 Å². The summed E-state index contributed by atoms with van der Waals surface area (Å²) in [6.45, 7) is 1.85. The number of rotatable bonds is 7. The van der Waals surface area contributed by atoms with Crippen LogP contribution >= 0.6 is 0 Å². The van der Waals surface area contributed by atoms with Crippen LogP contribution in [-0.4, -0.2) is 17.9 Å². The highest BCUT2D eigenvalue weighted by Crippen LogP contribution is 2.25. The standard InChI is InChI=1S/C25H23N3O2/c1-18(22(17-26)27-24(29)20-13-7-3-8-14-20)23(19-11-5-2-6-12-19)28-25(30)21-15-9-4-10-16-21/h2-16,18,22-23H,1H3,(H,27,29)(H,28,30)/t18-,22-,23-/m0/s1. The Morgan fingerprint density at radius 2 is 1.17 bits per heavy atom. The van der Waals surface area contributed by atoms with Crippen molar-refractivity contribution in [1.29, 1.82) is 5.26 Å². The van der Waals surface area contributed by atoms with Crippen LogP contribution in [0.5, 0.6) is 0 Å². The summed E-state index contributed by atoms with van der Waals surface area (Å²) in [4.78, 5) is 25.4. The van der Waals surface area contributed by atoms with E-state index in [0.717, 1.165) is 5.56 Å². The molecule has 3 aromatic carbocycles. The van der Waals surface area contributed by atoms with Crippen LogP contribution in [0, 0.1) is 17.2 Å². The number of carbonyl (C=O) groups excluding carboxylic acids is 2. The van der Waals surface area contributed by atoms with Crippen LogP contribution in [0.1, 0.15) is 39.2 Å². The third-order valence-electron chi connectivity index (χ3n) is 4.99. The third kappa shape index (κ3) is 5.12. The molecule has 0 bridgehead atoms. The Hall–Kier alpha value is -3.91. The minimum Gasteiger partial charge on any atom is -0.345 e. The Morgan fingerprint density at radius 1 is 0.733 bits per heavy atom. The van der Waals surface area contributed by atoms with E-state index in [1.54, 1.807) is 48.5 Å². The topological polar surface area (TPSA) is 82.0 Å². The van der Waals surface area contributed by atoms with Gasteiger partial charge >= 0.3 is 0 Å². The zero-order chi connectivity index (χ0) is 21.3. The van der Waals surface area contributed by atoms with E-state index in [-0.39, 0.29) is 17.7 Å². The highest BCUT2D eigenvalue weighted by molar-refractivity contribution is 5.95. The Morgan fingerprint density at radius 3 is 1.63 bits per heavy atom. The van der Waals surface area contributed by atoms with Crippen LogP contribution in [0.4, 0.5) is 0 Å². The van der Waals surface area contributed by atoms with Gasteiger partial charge in [0, 0.05) is 17.0 Å². The van der Waals surface area contributed by atoms with Crippen LogP contribution in [0.3, 0.4) is 0 Å². The normalized spacial score (nSPS) is 13.3. The Labute approximate surface area is 176 Å². The Bertz CT molecular complexity index is 1010. The van der Waals surface area contributed by atoms with E-state index in [2.05, 4.69) is 16.7 Å². The second-order valence-corrected chi connectivity index (χ2v) is 7.03. The summed E-state index contributed by atoms with van der Waals surface area (Å²) in [6.07, 6.45) is 0. The molecular formula is C25H23N3O2. The van der Waals surface area contributed by atoms with E-state index in [4.69, 9.17) is 0 Å². The molecule has 0 saturated carbocycles. The fourth-order valence-corrected chi connectivity index (χ4v) is 3.28. The summed E-state index contributed by atoms with van der Waals surface area (Å²) in [6, 6.07) is 28.1. The van der Waals surface area contributed by atoms with E-state index in [1.165, 1.54) is 0 Å². The van der Waals surface area contributed by atoms with Gasteiger partial charge in [-0.2, -0.15) is 5.26 Å². The van der Waals surface area contributed by atoms with Crippen LogP contribution in [0.2, 0.25) is 0 Å². The zero-order valence-electron chi connectivity index (χ0n) is 16.7. The molecule has 2 amide bonds. The van der Waals surface area contributed by atoms with Crippen LogP contribution in [-0.2, 0) is 0 Å². The van der Waals surface area contributed by atoms with E-state index >= 15 is 0 Å². The summed E-state index contributed by atoms with van der Waals surface area (Å²) in [7, 11) is 0. The molecule has 0 aromatic heterocycles. The summed E-state index contributed by atoms with van der Waals surface area (Å²) in [5.41, 5.74) is 1.88. The molecule has 0 aliphatic heterocycles. The van der Waals surface area contributed by atoms with E-state index in [1.807, 2.05) is 49.4 Å². The summed E-state index contributed by atoms with van der Waals surface area (Å²) >= 11 is 0. The van der Waals surface area contributed by atoms with Crippen molar-refractivity contribution in [2.75, 3.05) is 0 Å². The molecule has 0 saturated heterocycles. The van der Waals surface area contributed by atoms with Crippen molar-refractivity contribution in [2.24, 2.45) is 5.92 Å². The first-order valence-corrected chi connectivity index (χ1v) is 9.76. The number of nitrogens with one attached hydrogen (secondary N) is 2. The molecule has 0 unspecified atom stereocenters. The van der Waals surface area contributed by atoms with Gasteiger partial charge in [-0.3, -0.25) is 9.59 Å². The summed E-state index contributed by atoms with van der Waals surface area (Å²) in [5, 5.41) is 15.6. The highest BCUT2D eigenvalue weighted by atomic mass is 16.2. The minimum atomic E-state index is -0.793. The Kier molecular flexibility index (Phi) is 6.96. The van der Waals surface area contributed by atoms with Gasteiger partial charge in [-0.1, -0.05) is 73.7 Å². The number of benzene rings is 3. The smallest absolute Gasteiger partial charge is 0.252 e. The lowest BCUT2D eigenvalue weighted by Gasteiger charge is -2.29. The van der Waals surface area contributed by atoms with Gasteiger partial charge in [0.1, 0.15) is 6.04 Å². The predicted molar refractivity (Wildman–Crippen MR) is 116 cm³/mol. The van der Waals surface area contributed by atoms with Crippen molar-refractivity contribution in [3.63, 3.8) is 0 Å². The van der Waals surface area contributed by atoms with Gasteiger partial charge < -0.3 is 10.6 Å². The molecule has 0 fully saturated rings. The molecule has 0 radical (unpaired) electrons. The van der Waals surface area contributed by atoms with Gasteiger partial charge in [-0.15, -0.1) is 0 Å². The van der Waals surface area contributed by atoms with Gasteiger partial charge in [-0.25, -0.2) is 0 Å². The van der Waals surface area contributed by atoms with E-state index in [0.29, 0.717) is 11.1 Å². The SMILES string of the molecule is C[C@@H]([C@H](C#N)NC(=O)c1ccccc1)[C@H](NC(=O)c1ccccc1)c1ccccc1. The highest BCUT2D eigenvalue weighted by Gasteiger charge is 2.30. The second kappa shape index (κ2) is 10.0. The molecule has 0 heterocycles. The predicted octanol–water partition coefficient (Wildman–Crippen LogP) is 4.12. The maximum Gasteiger partial charge on any atom is 0.252 e. The van der Waals surface area contributed by atoms with Crippen LogP contribution < -0.4 is 10.6 Å². The average Bonchev–Trinajstić information content (AvgIpc) is 2.82. The quantitative estimate of drug-likeness (QED) is 0.629. The third-order valence-corrected chi connectivity index (χ3v) is 4.99. The molecule has 3 atom stereocenters. The van der Waals surface area contributed by atoms with Crippen molar-refractivity contribution in [3.05, 3.63) is 108 Å². The molecule has 30 heavy (non-hydrogen) atoms. The first-order valence-electron chi connectivity index (χ1n) is 9.76. The molecule has 0 aliphatic rings. The molecule has 2 N–H and O–H groups in total. The molecule has 150 valence electrons. The van der Waals surface area contributed by atoms with E-state index in [9.17, 15) is 14.9 Å². The van der Waals surface area contributed by atoms with E-state index < -0.39 is 12.1 Å².